The summed E-state index contributed by atoms with van der Waals surface area (Å²) in [4.78, 5) is 12.4. The summed E-state index contributed by atoms with van der Waals surface area (Å²) in [6.07, 6.45) is -0.416. The minimum atomic E-state index is -4.74. The predicted molar refractivity (Wildman–Crippen MR) is 113 cm³/mol. The van der Waals surface area contributed by atoms with E-state index in [1.54, 1.807) is 0 Å². The summed E-state index contributed by atoms with van der Waals surface area (Å²) < 4.78 is 46.0. The van der Waals surface area contributed by atoms with Gasteiger partial charge in [-0.1, -0.05) is 0 Å². The van der Waals surface area contributed by atoms with Gasteiger partial charge in [-0.2, -0.15) is 0 Å². The maximum atomic E-state index is 12.4. The largest absolute Gasteiger partial charge is 0.573 e. The van der Waals surface area contributed by atoms with Gasteiger partial charge in [-0.3, -0.25) is 20.9 Å². The fourth-order valence-electron chi connectivity index (χ4n) is 5.88. The third kappa shape index (κ3) is 5.06. The average molecular weight is 470 g/mol. The number of carbonyl (C=O) groups is 1. The molecule has 2 saturated heterocycles. The molecular formula is C22H30F3N5O3. The fourth-order valence-corrected chi connectivity index (χ4v) is 5.88. The van der Waals surface area contributed by atoms with Crippen LogP contribution in [0.5, 0.6) is 11.5 Å². The predicted octanol–water partition coefficient (Wildman–Crippen LogP) is 1.49. The molecule has 3 aliphatic carbocycles. The van der Waals surface area contributed by atoms with Gasteiger partial charge in [0.25, 0.3) is 5.91 Å². The maximum Gasteiger partial charge on any atom is 0.573 e. The number of piperazine rings is 1. The Hall–Kier alpha value is -2.08. The van der Waals surface area contributed by atoms with Gasteiger partial charge in [0.2, 0.25) is 0 Å². The van der Waals surface area contributed by atoms with E-state index in [9.17, 15) is 18.0 Å². The highest BCUT2D eigenvalue weighted by atomic mass is 19.4. The second kappa shape index (κ2) is 8.61. The van der Waals surface area contributed by atoms with Crippen molar-refractivity contribution in [3.63, 3.8) is 0 Å². The Labute approximate surface area is 190 Å². The summed E-state index contributed by atoms with van der Waals surface area (Å²) in [5, 5.41) is 12.9. The quantitative estimate of drug-likeness (QED) is 0.481. The van der Waals surface area contributed by atoms with Crippen molar-refractivity contribution in [1.82, 2.24) is 26.4 Å². The minimum Gasteiger partial charge on any atom is -0.484 e. The van der Waals surface area contributed by atoms with Crippen molar-refractivity contribution >= 4 is 5.91 Å². The molecule has 11 heteroatoms. The van der Waals surface area contributed by atoms with Crippen LogP contribution in [0.2, 0.25) is 0 Å². The van der Waals surface area contributed by atoms with Gasteiger partial charge in [0, 0.05) is 30.7 Å². The van der Waals surface area contributed by atoms with Crippen molar-refractivity contribution in [1.29, 1.82) is 0 Å². The van der Waals surface area contributed by atoms with E-state index in [-0.39, 0.29) is 36.0 Å². The van der Waals surface area contributed by atoms with Gasteiger partial charge < -0.3 is 14.8 Å². The molecule has 182 valence electrons. The highest BCUT2D eigenvalue weighted by Crippen LogP contribution is 2.52. The van der Waals surface area contributed by atoms with Gasteiger partial charge in [0.1, 0.15) is 11.5 Å². The Bertz CT molecular complexity index is 862. The molecule has 1 amide bonds. The van der Waals surface area contributed by atoms with Crippen molar-refractivity contribution < 1.29 is 27.4 Å². The molecule has 2 bridgehead atoms. The molecule has 1 aromatic carbocycles. The fraction of sp³-hybridized carbons (Fsp3) is 0.682. The molecule has 0 aromatic heterocycles. The zero-order valence-electron chi connectivity index (χ0n) is 18.5. The average Bonchev–Trinajstić information content (AvgIpc) is 3.36. The first kappa shape index (κ1) is 22.7. The number of benzene rings is 1. The minimum absolute atomic E-state index is 0.0598. The second-order valence-electron chi connectivity index (χ2n) is 9.74. The Morgan fingerprint density at radius 2 is 1.94 bits per heavy atom. The lowest BCUT2D eigenvalue weighted by atomic mass is 9.76. The molecule has 2 aliphatic heterocycles. The Morgan fingerprint density at radius 3 is 2.67 bits per heavy atom. The first-order valence-corrected chi connectivity index (χ1v) is 11.5. The number of rotatable bonds is 7. The van der Waals surface area contributed by atoms with E-state index in [1.165, 1.54) is 12.1 Å². The number of hydrogen-bond donors (Lipinski definition) is 4. The molecule has 5 fully saturated rings. The normalized spacial score (nSPS) is 35.6. The molecule has 8 nitrogen and oxygen atoms in total. The number of ether oxygens (including phenoxy) is 2. The zero-order valence-corrected chi connectivity index (χ0v) is 18.5. The summed E-state index contributed by atoms with van der Waals surface area (Å²) in [7, 11) is 0. The van der Waals surface area contributed by atoms with Gasteiger partial charge in [-0.15, -0.1) is 13.2 Å². The van der Waals surface area contributed by atoms with Gasteiger partial charge >= 0.3 is 6.36 Å². The van der Waals surface area contributed by atoms with Gasteiger partial charge in [0.15, 0.2) is 6.61 Å². The molecule has 3 saturated carbocycles. The maximum absolute atomic E-state index is 12.4. The van der Waals surface area contributed by atoms with E-state index in [4.69, 9.17) is 4.74 Å². The SMILES string of the molecule is CC1CC2C(NC34CC(C3)C(NC(=O)COc3ccc(OC(F)(F)F)cc3)C4)NCCN2N1. The smallest absolute Gasteiger partial charge is 0.484 e. The molecule has 2 heterocycles. The number of halogens is 3. The van der Waals surface area contributed by atoms with Crippen LogP contribution in [-0.2, 0) is 4.79 Å². The Kier molecular flexibility index (Phi) is 5.92. The van der Waals surface area contributed by atoms with Crippen molar-refractivity contribution in [3.8, 4) is 11.5 Å². The van der Waals surface area contributed by atoms with Crippen LogP contribution >= 0.6 is 0 Å². The van der Waals surface area contributed by atoms with Crippen molar-refractivity contribution in [2.45, 2.75) is 68.8 Å². The van der Waals surface area contributed by atoms with E-state index in [0.717, 1.165) is 50.9 Å². The Morgan fingerprint density at radius 1 is 1.21 bits per heavy atom. The molecule has 6 rings (SSSR count). The number of amides is 1. The van der Waals surface area contributed by atoms with Crippen LogP contribution in [0.4, 0.5) is 13.2 Å². The topological polar surface area (TPSA) is 86.9 Å². The molecule has 33 heavy (non-hydrogen) atoms. The van der Waals surface area contributed by atoms with E-state index in [2.05, 4.69) is 38.0 Å². The van der Waals surface area contributed by atoms with Crippen LogP contribution in [-0.4, -0.2) is 66.8 Å². The summed E-state index contributed by atoms with van der Waals surface area (Å²) in [6.45, 7) is 3.96. The number of nitrogens with zero attached hydrogens (tertiary/aromatic N) is 1. The molecule has 1 aromatic rings. The highest BCUT2D eigenvalue weighted by Gasteiger charge is 2.57. The van der Waals surface area contributed by atoms with E-state index in [1.807, 2.05) is 0 Å². The van der Waals surface area contributed by atoms with Crippen LogP contribution in [0, 0.1) is 5.92 Å². The summed E-state index contributed by atoms with van der Waals surface area (Å²) in [5.74, 6) is 0.205. The zero-order chi connectivity index (χ0) is 23.2. The van der Waals surface area contributed by atoms with Crippen molar-refractivity contribution in [2.24, 2.45) is 5.92 Å². The monoisotopic (exact) mass is 469 g/mol. The van der Waals surface area contributed by atoms with Crippen LogP contribution < -0.4 is 30.8 Å². The first-order valence-electron chi connectivity index (χ1n) is 11.5. The lowest BCUT2D eigenvalue weighted by Gasteiger charge is -2.46. The van der Waals surface area contributed by atoms with Crippen molar-refractivity contribution in [3.05, 3.63) is 24.3 Å². The molecule has 0 spiro atoms. The van der Waals surface area contributed by atoms with Gasteiger partial charge in [0.05, 0.1) is 12.2 Å². The third-order valence-electron chi connectivity index (χ3n) is 7.20. The summed E-state index contributed by atoms with van der Waals surface area (Å²) >= 11 is 0. The van der Waals surface area contributed by atoms with Crippen LogP contribution in [0.1, 0.15) is 32.6 Å². The third-order valence-corrected chi connectivity index (χ3v) is 7.20. The van der Waals surface area contributed by atoms with Crippen LogP contribution in [0.3, 0.4) is 0 Å². The van der Waals surface area contributed by atoms with Crippen molar-refractivity contribution in [2.75, 3.05) is 19.7 Å². The van der Waals surface area contributed by atoms with E-state index >= 15 is 0 Å². The van der Waals surface area contributed by atoms with E-state index in [0.29, 0.717) is 23.8 Å². The molecular weight excluding hydrogens is 439 g/mol. The second-order valence-corrected chi connectivity index (χ2v) is 9.74. The van der Waals surface area contributed by atoms with Crippen LogP contribution in [0.15, 0.2) is 24.3 Å². The molecule has 4 unspecified atom stereocenters. The number of nitrogens with one attached hydrogen (secondary N) is 4. The number of carbonyl (C=O) groups excluding carboxylic acids is 1. The van der Waals surface area contributed by atoms with Gasteiger partial charge in [-0.25, -0.2) is 5.01 Å². The number of fused-ring (bicyclic) bond motifs is 2. The molecule has 4 atom stereocenters. The summed E-state index contributed by atoms with van der Waals surface area (Å²) in [5.41, 5.74) is 3.60. The molecule has 4 N–H and O–H groups in total. The van der Waals surface area contributed by atoms with Crippen LogP contribution in [0.25, 0.3) is 0 Å². The molecule has 0 radical (unpaired) electrons. The summed E-state index contributed by atoms with van der Waals surface area (Å²) in [6, 6.07) is 6.02. The Balaban J connectivity index is 1.08. The number of hydrazine groups is 1. The first-order chi connectivity index (χ1) is 15.7. The lowest BCUT2D eigenvalue weighted by molar-refractivity contribution is -0.274. The lowest BCUT2D eigenvalue weighted by Crippen LogP contribution is -2.68. The number of alkyl halides is 3. The highest BCUT2D eigenvalue weighted by molar-refractivity contribution is 5.78. The number of hydrogen-bond acceptors (Lipinski definition) is 7. The van der Waals surface area contributed by atoms with E-state index < -0.39 is 6.36 Å². The van der Waals surface area contributed by atoms with Gasteiger partial charge in [-0.05, 0) is 62.8 Å². The molecule has 5 aliphatic rings. The standard InChI is InChI=1S/C22H30F3N5O3/c1-13-8-18-20(26-6-7-30(18)29-13)28-21-9-14(10-21)17(11-21)27-19(31)12-32-15-2-4-16(5-3-15)33-22(23,24)25/h2-5,13-14,17-18,20,26,28-29H,6-12H2,1H3,(H,27,31).